The standard InChI is InChI=1S/C8H8.C6H10O3/c1-2-8-6-4-3-5-7-8;1-5(6(8)9)3-2-4-7/h2-7H,1H2;3,7H,2,4H2,1H3,(H,8,9)/b;5-3+. The van der Waals surface area contributed by atoms with Crippen molar-refractivity contribution in [1.82, 2.24) is 0 Å². The average Bonchev–Trinajstić information content (AvgIpc) is 2.37. The molecule has 3 nitrogen and oxygen atoms in total. The molecule has 0 aromatic heterocycles. The van der Waals surface area contributed by atoms with Crippen LogP contribution in [0.5, 0.6) is 0 Å². The van der Waals surface area contributed by atoms with Gasteiger partial charge < -0.3 is 10.2 Å². The zero-order chi connectivity index (χ0) is 13.1. The topological polar surface area (TPSA) is 57.5 Å². The highest BCUT2D eigenvalue weighted by atomic mass is 16.4. The van der Waals surface area contributed by atoms with E-state index in [1.54, 1.807) is 0 Å². The Kier molecular flexibility index (Phi) is 8.33. The lowest BCUT2D eigenvalue weighted by atomic mass is 10.2. The molecule has 0 radical (unpaired) electrons. The van der Waals surface area contributed by atoms with Crippen molar-refractivity contribution in [3.05, 3.63) is 54.1 Å². The molecule has 92 valence electrons. The van der Waals surface area contributed by atoms with Gasteiger partial charge in [-0.3, -0.25) is 0 Å². The molecule has 0 bridgehead atoms. The molecule has 1 aromatic rings. The molecule has 0 unspecified atom stereocenters. The van der Waals surface area contributed by atoms with Gasteiger partial charge in [0, 0.05) is 12.2 Å². The Bertz CT molecular complexity index is 366. The Labute approximate surface area is 102 Å². The number of benzene rings is 1. The molecule has 0 amide bonds. The number of aliphatic hydroxyl groups is 1. The minimum Gasteiger partial charge on any atom is -0.478 e. The van der Waals surface area contributed by atoms with Crippen LogP contribution in [0.4, 0.5) is 0 Å². The number of carboxylic acid groups (broad SMARTS) is 1. The first-order chi connectivity index (χ1) is 8.11. The largest absolute Gasteiger partial charge is 0.478 e. The third kappa shape index (κ3) is 7.99. The monoisotopic (exact) mass is 234 g/mol. The molecule has 0 aliphatic heterocycles. The van der Waals surface area contributed by atoms with Crippen molar-refractivity contribution < 1.29 is 15.0 Å². The van der Waals surface area contributed by atoms with E-state index in [0.717, 1.165) is 0 Å². The summed E-state index contributed by atoms with van der Waals surface area (Å²) in [5, 5.41) is 16.5. The highest BCUT2D eigenvalue weighted by Crippen LogP contribution is 1.97. The second-order valence-electron chi connectivity index (χ2n) is 3.32. The highest BCUT2D eigenvalue weighted by Gasteiger charge is 1.96. The van der Waals surface area contributed by atoms with Crippen LogP contribution in [0.2, 0.25) is 0 Å². The SMILES string of the molecule is C/C(=C\CCO)C(=O)O.C=Cc1ccccc1. The van der Waals surface area contributed by atoms with Gasteiger partial charge in [-0.2, -0.15) is 0 Å². The molecule has 0 aliphatic rings. The molecule has 17 heavy (non-hydrogen) atoms. The van der Waals surface area contributed by atoms with Crippen molar-refractivity contribution in [2.24, 2.45) is 0 Å². The molecule has 3 heteroatoms. The van der Waals surface area contributed by atoms with Gasteiger partial charge in [0.15, 0.2) is 0 Å². The van der Waals surface area contributed by atoms with E-state index >= 15 is 0 Å². The van der Waals surface area contributed by atoms with E-state index < -0.39 is 5.97 Å². The summed E-state index contributed by atoms with van der Waals surface area (Å²) in [7, 11) is 0. The van der Waals surface area contributed by atoms with Gasteiger partial charge in [-0.15, -0.1) is 0 Å². The van der Waals surface area contributed by atoms with E-state index in [2.05, 4.69) is 6.58 Å². The van der Waals surface area contributed by atoms with Gasteiger partial charge in [-0.25, -0.2) is 4.79 Å². The van der Waals surface area contributed by atoms with Crippen LogP contribution < -0.4 is 0 Å². The summed E-state index contributed by atoms with van der Waals surface area (Å²) in [4.78, 5) is 10.1. The molecule has 0 saturated heterocycles. The molecule has 2 N–H and O–H groups in total. The zero-order valence-electron chi connectivity index (χ0n) is 9.97. The van der Waals surface area contributed by atoms with Gasteiger partial charge in [-0.05, 0) is 18.9 Å². The van der Waals surface area contributed by atoms with Gasteiger partial charge in [0.05, 0.1) is 0 Å². The van der Waals surface area contributed by atoms with Crippen molar-refractivity contribution >= 4 is 12.0 Å². The number of hydrogen-bond donors (Lipinski definition) is 2. The highest BCUT2D eigenvalue weighted by molar-refractivity contribution is 5.85. The smallest absolute Gasteiger partial charge is 0.330 e. The summed E-state index contributed by atoms with van der Waals surface area (Å²) < 4.78 is 0. The molecule has 0 spiro atoms. The Balaban J connectivity index is 0.000000302. The van der Waals surface area contributed by atoms with Gasteiger partial charge >= 0.3 is 5.97 Å². The van der Waals surface area contributed by atoms with Crippen molar-refractivity contribution in [3.8, 4) is 0 Å². The lowest BCUT2D eigenvalue weighted by Crippen LogP contribution is -1.95. The third-order valence-electron chi connectivity index (χ3n) is 1.95. The van der Waals surface area contributed by atoms with Crippen molar-refractivity contribution in [3.63, 3.8) is 0 Å². The first kappa shape index (κ1) is 15.1. The van der Waals surface area contributed by atoms with Crippen LogP contribution in [0.15, 0.2) is 48.6 Å². The van der Waals surface area contributed by atoms with Crippen LogP contribution in [0.3, 0.4) is 0 Å². The van der Waals surface area contributed by atoms with E-state index in [9.17, 15) is 4.79 Å². The van der Waals surface area contributed by atoms with E-state index in [-0.39, 0.29) is 12.2 Å². The molecule has 1 rings (SSSR count). The first-order valence-corrected chi connectivity index (χ1v) is 5.30. The van der Waals surface area contributed by atoms with Gasteiger partial charge in [0.1, 0.15) is 0 Å². The summed E-state index contributed by atoms with van der Waals surface area (Å²) in [5.41, 5.74) is 1.46. The lowest BCUT2D eigenvalue weighted by molar-refractivity contribution is -0.132. The lowest BCUT2D eigenvalue weighted by Gasteiger charge is -1.89. The summed E-state index contributed by atoms with van der Waals surface area (Å²) in [6, 6.07) is 10.0. The Hall–Kier alpha value is -1.87. The maximum absolute atomic E-state index is 10.1. The van der Waals surface area contributed by atoms with E-state index in [0.29, 0.717) is 6.42 Å². The molecule has 0 saturated carbocycles. The van der Waals surface area contributed by atoms with E-state index in [1.807, 2.05) is 36.4 Å². The molecule has 1 aromatic carbocycles. The number of rotatable bonds is 4. The summed E-state index contributed by atoms with van der Waals surface area (Å²) in [6.45, 7) is 5.13. The van der Waals surface area contributed by atoms with Crippen LogP contribution in [-0.4, -0.2) is 22.8 Å². The number of aliphatic carboxylic acids is 1. The first-order valence-electron chi connectivity index (χ1n) is 5.30. The quantitative estimate of drug-likeness (QED) is 0.787. The zero-order valence-corrected chi connectivity index (χ0v) is 9.97. The van der Waals surface area contributed by atoms with Gasteiger partial charge in [0.25, 0.3) is 0 Å². The number of carbonyl (C=O) groups is 1. The number of aliphatic hydroxyl groups excluding tert-OH is 1. The second kappa shape index (κ2) is 9.36. The maximum Gasteiger partial charge on any atom is 0.330 e. The van der Waals surface area contributed by atoms with Crippen molar-refractivity contribution in [2.45, 2.75) is 13.3 Å². The number of hydrogen-bond acceptors (Lipinski definition) is 2. The molecular formula is C14H18O3. The minimum atomic E-state index is -0.927. The Morgan fingerprint density at radius 1 is 1.35 bits per heavy atom. The third-order valence-corrected chi connectivity index (χ3v) is 1.95. The summed E-state index contributed by atoms with van der Waals surface area (Å²) in [5.74, 6) is -0.927. The molecule has 0 atom stereocenters. The van der Waals surface area contributed by atoms with Crippen LogP contribution in [0, 0.1) is 0 Å². The molecule has 0 fully saturated rings. The van der Waals surface area contributed by atoms with Crippen molar-refractivity contribution in [1.29, 1.82) is 0 Å². The summed E-state index contributed by atoms with van der Waals surface area (Å²) in [6.07, 6.45) is 3.74. The fourth-order valence-corrected chi connectivity index (χ4v) is 0.957. The fourth-order valence-electron chi connectivity index (χ4n) is 0.957. The number of carboxylic acids is 1. The second-order valence-corrected chi connectivity index (χ2v) is 3.32. The minimum absolute atomic E-state index is 0.00458. The Morgan fingerprint density at radius 2 is 1.94 bits per heavy atom. The van der Waals surface area contributed by atoms with Gasteiger partial charge in [0.2, 0.25) is 0 Å². The predicted molar refractivity (Wildman–Crippen MR) is 69.6 cm³/mol. The van der Waals surface area contributed by atoms with Crippen molar-refractivity contribution in [2.75, 3.05) is 6.61 Å². The molecular weight excluding hydrogens is 216 g/mol. The maximum atomic E-state index is 10.1. The van der Waals surface area contributed by atoms with Crippen LogP contribution >= 0.6 is 0 Å². The van der Waals surface area contributed by atoms with E-state index in [4.69, 9.17) is 10.2 Å². The fraction of sp³-hybridized carbons (Fsp3) is 0.214. The average molecular weight is 234 g/mol. The normalized spacial score (nSPS) is 10.1. The van der Waals surface area contributed by atoms with Gasteiger partial charge in [-0.1, -0.05) is 49.1 Å². The molecule has 0 aliphatic carbocycles. The predicted octanol–water partition coefficient (Wildman–Crippen LogP) is 2.73. The molecule has 0 heterocycles. The Morgan fingerprint density at radius 3 is 2.29 bits per heavy atom. The van der Waals surface area contributed by atoms with Crippen LogP contribution in [0.1, 0.15) is 18.9 Å². The van der Waals surface area contributed by atoms with Crippen LogP contribution in [0.25, 0.3) is 6.08 Å². The summed E-state index contributed by atoms with van der Waals surface area (Å²) >= 11 is 0. The van der Waals surface area contributed by atoms with Crippen LogP contribution in [-0.2, 0) is 4.79 Å². The van der Waals surface area contributed by atoms with E-state index in [1.165, 1.54) is 18.6 Å².